The summed E-state index contributed by atoms with van der Waals surface area (Å²) in [5, 5.41) is 31.6. The third-order valence-electron chi connectivity index (χ3n) is 8.02. The Kier molecular flexibility index (Phi) is 9.33. The highest BCUT2D eigenvalue weighted by Gasteiger charge is 2.54. The minimum Gasteiger partial charge on any atom is -0.447 e. The third-order valence-corrected chi connectivity index (χ3v) is 8.02. The van der Waals surface area contributed by atoms with Crippen molar-refractivity contribution in [1.29, 1.82) is 5.26 Å². The predicted molar refractivity (Wildman–Crippen MR) is 141 cm³/mol. The van der Waals surface area contributed by atoms with Gasteiger partial charge in [0.05, 0.1) is 30.8 Å². The smallest absolute Gasteiger partial charge is 0.447 e. The molecule has 1 unspecified atom stereocenters. The standard InChI is InChI=1S/C27H34BF3N4O6/c1-26(2,34-7-9-40-10-8-34)13-19(14-32)24(36)35-15-18-12-21(18)22(35)16-41-25(37)33-23(28(38)39)11-17-3-5-20(6-4-17)27(29,30)31/h3-6,13,18,21-23,38-39H,7-12,15-16H2,1-2H3,(H,33,37)/t18-,21-,22-,23?/m0/s1. The van der Waals surface area contributed by atoms with Crippen LogP contribution in [0.25, 0.3) is 0 Å². The van der Waals surface area contributed by atoms with Crippen LogP contribution in [0.5, 0.6) is 0 Å². The van der Waals surface area contributed by atoms with Gasteiger partial charge in [0.25, 0.3) is 5.91 Å². The molecule has 14 heteroatoms. The second-order valence-electron chi connectivity index (χ2n) is 11.3. The lowest BCUT2D eigenvalue weighted by Crippen LogP contribution is -2.50. The molecular formula is C27H34BF3N4O6. The number of nitriles is 1. The molecule has 0 bridgehead atoms. The van der Waals surface area contributed by atoms with E-state index in [-0.39, 0.29) is 30.4 Å². The first-order valence-electron chi connectivity index (χ1n) is 13.5. The van der Waals surface area contributed by atoms with E-state index in [0.29, 0.717) is 38.4 Å². The van der Waals surface area contributed by atoms with Gasteiger partial charge in [0.1, 0.15) is 18.2 Å². The second-order valence-corrected chi connectivity index (χ2v) is 11.3. The Balaban J connectivity index is 1.36. The molecule has 2 saturated heterocycles. The maximum absolute atomic E-state index is 13.4. The lowest BCUT2D eigenvalue weighted by Gasteiger charge is -2.39. The van der Waals surface area contributed by atoms with Crippen molar-refractivity contribution in [3.05, 3.63) is 47.0 Å². The zero-order chi connectivity index (χ0) is 29.9. The van der Waals surface area contributed by atoms with Crippen molar-refractivity contribution in [2.24, 2.45) is 11.8 Å². The lowest BCUT2D eigenvalue weighted by atomic mass is 9.76. The average molecular weight is 578 g/mol. The molecule has 4 atom stereocenters. The molecule has 2 heterocycles. The number of nitrogens with zero attached hydrogens (tertiary/aromatic N) is 3. The third kappa shape index (κ3) is 7.59. The molecule has 0 aromatic heterocycles. The van der Waals surface area contributed by atoms with Crippen LogP contribution in [-0.4, -0.2) is 95.9 Å². The average Bonchev–Trinajstić information content (AvgIpc) is 3.61. The molecule has 41 heavy (non-hydrogen) atoms. The molecule has 3 aliphatic rings. The maximum Gasteiger partial charge on any atom is 0.475 e. The van der Waals surface area contributed by atoms with Gasteiger partial charge in [0.15, 0.2) is 0 Å². The summed E-state index contributed by atoms with van der Waals surface area (Å²) in [5.74, 6) is -1.29. The van der Waals surface area contributed by atoms with E-state index in [2.05, 4.69) is 10.2 Å². The van der Waals surface area contributed by atoms with Crippen LogP contribution in [0.1, 0.15) is 31.4 Å². The summed E-state index contributed by atoms with van der Waals surface area (Å²) in [5.41, 5.74) is -1.03. The van der Waals surface area contributed by atoms with Crippen molar-refractivity contribution in [3.8, 4) is 6.07 Å². The van der Waals surface area contributed by atoms with Gasteiger partial charge in [-0.3, -0.25) is 9.69 Å². The van der Waals surface area contributed by atoms with Gasteiger partial charge >= 0.3 is 19.4 Å². The van der Waals surface area contributed by atoms with Crippen LogP contribution in [-0.2, 0) is 26.9 Å². The Hall–Kier alpha value is -3.12. The molecule has 1 aliphatic carbocycles. The summed E-state index contributed by atoms with van der Waals surface area (Å²) in [7, 11) is -2.00. The number of fused-ring (bicyclic) bond motifs is 1. The number of morpholine rings is 1. The quantitative estimate of drug-likeness (QED) is 0.229. The Labute approximate surface area is 236 Å². The molecule has 1 aromatic carbocycles. The molecule has 3 N–H and O–H groups in total. The summed E-state index contributed by atoms with van der Waals surface area (Å²) in [6.07, 6.45) is -3.08. The van der Waals surface area contributed by atoms with Crippen molar-refractivity contribution in [2.45, 2.75) is 50.4 Å². The van der Waals surface area contributed by atoms with Crippen molar-refractivity contribution in [2.75, 3.05) is 39.5 Å². The number of rotatable bonds is 9. The molecule has 4 rings (SSSR count). The second kappa shape index (κ2) is 12.4. The van der Waals surface area contributed by atoms with Crippen molar-refractivity contribution in [1.82, 2.24) is 15.1 Å². The summed E-state index contributed by atoms with van der Waals surface area (Å²) in [4.78, 5) is 29.7. The number of carbonyl (C=O) groups is 2. The van der Waals surface area contributed by atoms with Gasteiger partial charge in [-0.05, 0) is 62.3 Å². The number of nitrogens with one attached hydrogen (secondary N) is 1. The minimum atomic E-state index is -4.50. The highest BCUT2D eigenvalue weighted by atomic mass is 19.4. The topological polar surface area (TPSA) is 135 Å². The number of hydrogen-bond acceptors (Lipinski definition) is 8. The zero-order valence-corrected chi connectivity index (χ0v) is 22.9. The number of amides is 2. The Morgan fingerprint density at radius 3 is 2.49 bits per heavy atom. The Bertz CT molecular complexity index is 1180. The fourth-order valence-corrected chi connectivity index (χ4v) is 5.57. The van der Waals surface area contributed by atoms with E-state index in [4.69, 9.17) is 9.47 Å². The number of alkyl halides is 3. The molecular weight excluding hydrogens is 544 g/mol. The molecule has 1 saturated carbocycles. The first-order valence-corrected chi connectivity index (χ1v) is 13.5. The predicted octanol–water partition coefficient (Wildman–Crippen LogP) is 1.76. The zero-order valence-electron chi connectivity index (χ0n) is 22.9. The van der Waals surface area contributed by atoms with Crippen LogP contribution >= 0.6 is 0 Å². The van der Waals surface area contributed by atoms with Crippen molar-refractivity contribution in [3.63, 3.8) is 0 Å². The van der Waals surface area contributed by atoms with Gasteiger partial charge < -0.3 is 29.7 Å². The largest absolute Gasteiger partial charge is 0.475 e. The number of ether oxygens (including phenoxy) is 2. The number of likely N-dealkylation sites (tertiary alicyclic amines) is 1. The molecule has 0 spiro atoms. The summed E-state index contributed by atoms with van der Waals surface area (Å²) in [6.45, 7) is 6.67. The first kappa shape index (κ1) is 30.8. The number of benzene rings is 1. The number of halogens is 3. The molecule has 1 aromatic rings. The minimum absolute atomic E-state index is 0.0113. The van der Waals surface area contributed by atoms with Crippen molar-refractivity contribution < 1.29 is 42.3 Å². The van der Waals surface area contributed by atoms with Crippen molar-refractivity contribution >= 4 is 19.1 Å². The van der Waals surface area contributed by atoms with Crippen LogP contribution in [0.4, 0.5) is 18.0 Å². The fourth-order valence-electron chi connectivity index (χ4n) is 5.57. The van der Waals surface area contributed by atoms with Gasteiger partial charge in [-0.25, -0.2) is 4.79 Å². The summed E-state index contributed by atoms with van der Waals surface area (Å²) in [6, 6.07) is 5.74. The van der Waals surface area contributed by atoms with Crippen LogP contribution in [0.15, 0.2) is 35.9 Å². The van der Waals surface area contributed by atoms with E-state index in [9.17, 15) is 38.1 Å². The van der Waals surface area contributed by atoms with E-state index in [1.807, 2.05) is 19.9 Å². The van der Waals surface area contributed by atoms with Gasteiger partial charge in [-0.2, -0.15) is 18.4 Å². The highest BCUT2D eigenvalue weighted by molar-refractivity contribution is 6.43. The fraction of sp³-hybridized carbons (Fsp3) is 0.593. The van der Waals surface area contributed by atoms with Gasteiger partial charge in [-0.15, -0.1) is 0 Å². The van der Waals surface area contributed by atoms with E-state index in [1.165, 1.54) is 12.1 Å². The SMILES string of the molecule is CC(C)(C=C(C#N)C(=O)N1C[C@@H]2C[C@@H]2[C@@H]1COC(=O)NC(Cc1ccc(C(F)(F)F)cc1)B(O)O)N1CCOCC1. The Morgan fingerprint density at radius 1 is 1.24 bits per heavy atom. The number of carbonyl (C=O) groups excluding carboxylic acids is 2. The molecule has 2 aliphatic heterocycles. The van der Waals surface area contributed by atoms with Gasteiger partial charge in [-0.1, -0.05) is 12.1 Å². The lowest BCUT2D eigenvalue weighted by molar-refractivity contribution is -0.137. The summed E-state index contributed by atoms with van der Waals surface area (Å²) < 4.78 is 49.2. The van der Waals surface area contributed by atoms with E-state index in [1.54, 1.807) is 11.0 Å². The van der Waals surface area contributed by atoms with Gasteiger partial charge in [0, 0.05) is 25.2 Å². The molecule has 2 amide bonds. The number of hydrogen-bond donors (Lipinski definition) is 3. The normalized spacial score (nSPS) is 23.8. The maximum atomic E-state index is 13.4. The van der Waals surface area contributed by atoms with E-state index >= 15 is 0 Å². The number of alkyl carbamates (subject to hydrolysis) is 1. The molecule has 10 nitrogen and oxygen atoms in total. The monoisotopic (exact) mass is 578 g/mol. The highest BCUT2D eigenvalue weighted by Crippen LogP contribution is 2.50. The number of piperidine rings is 1. The molecule has 3 fully saturated rings. The molecule has 222 valence electrons. The molecule has 0 radical (unpaired) electrons. The Morgan fingerprint density at radius 2 is 1.90 bits per heavy atom. The van der Waals surface area contributed by atoms with E-state index < -0.39 is 48.4 Å². The van der Waals surface area contributed by atoms with Gasteiger partial charge in [0.2, 0.25) is 0 Å². The van der Waals surface area contributed by atoms with E-state index in [0.717, 1.165) is 18.6 Å². The first-order chi connectivity index (χ1) is 19.3. The summed E-state index contributed by atoms with van der Waals surface area (Å²) >= 11 is 0. The van der Waals surface area contributed by atoms with Crippen LogP contribution < -0.4 is 5.32 Å². The van der Waals surface area contributed by atoms with Crippen LogP contribution in [0.3, 0.4) is 0 Å². The van der Waals surface area contributed by atoms with Crippen LogP contribution in [0, 0.1) is 23.2 Å². The van der Waals surface area contributed by atoms with Crippen LogP contribution in [0.2, 0.25) is 0 Å².